The zero-order valence-electron chi connectivity index (χ0n) is 12.7. The van der Waals surface area contributed by atoms with Gasteiger partial charge in [0.25, 0.3) is 5.91 Å². The van der Waals surface area contributed by atoms with E-state index >= 15 is 0 Å². The molecule has 6 heteroatoms. The molecule has 0 fully saturated rings. The Morgan fingerprint density at radius 2 is 2.27 bits per heavy atom. The number of carbonyl (C=O) groups excluding carboxylic acids is 1. The van der Waals surface area contributed by atoms with Gasteiger partial charge < -0.3 is 19.5 Å². The van der Waals surface area contributed by atoms with Gasteiger partial charge in [-0.15, -0.1) is 0 Å². The Bertz CT molecular complexity index is 653. The van der Waals surface area contributed by atoms with Crippen LogP contribution in [-0.4, -0.2) is 43.2 Å². The summed E-state index contributed by atoms with van der Waals surface area (Å²) in [6.45, 7) is 1.24. The molecule has 22 heavy (non-hydrogen) atoms. The van der Waals surface area contributed by atoms with Crippen molar-refractivity contribution in [2.45, 2.75) is 12.5 Å². The van der Waals surface area contributed by atoms with E-state index in [0.717, 1.165) is 24.3 Å². The van der Waals surface area contributed by atoms with Crippen LogP contribution in [0.3, 0.4) is 0 Å². The van der Waals surface area contributed by atoms with E-state index in [9.17, 15) is 4.79 Å². The lowest BCUT2D eigenvalue weighted by Crippen LogP contribution is -2.34. The molecular formula is C16H19N3O3. The van der Waals surface area contributed by atoms with E-state index in [0.29, 0.717) is 6.54 Å². The number of rotatable bonds is 5. The fraction of sp³-hybridized carbons (Fsp3) is 0.375. The third kappa shape index (κ3) is 2.96. The number of amides is 1. The van der Waals surface area contributed by atoms with Crippen LogP contribution < -0.4 is 10.1 Å². The van der Waals surface area contributed by atoms with E-state index in [1.165, 1.54) is 11.8 Å². The predicted molar refractivity (Wildman–Crippen MR) is 80.9 cm³/mol. The van der Waals surface area contributed by atoms with Crippen LogP contribution in [0.1, 0.15) is 27.7 Å². The minimum Gasteiger partial charge on any atom is -0.493 e. The molecule has 1 aliphatic heterocycles. The Labute approximate surface area is 129 Å². The van der Waals surface area contributed by atoms with E-state index in [-0.39, 0.29) is 17.7 Å². The summed E-state index contributed by atoms with van der Waals surface area (Å²) < 4.78 is 10.4. The molecule has 0 spiro atoms. The number of ether oxygens (including phenoxy) is 1. The molecule has 0 bridgehead atoms. The number of fused-ring (bicyclic) bond motifs is 1. The summed E-state index contributed by atoms with van der Waals surface area (Å²) >= 11 is 0. The van der Waals surface area contributed by atoms with Crippen molar-refractivity contribution in [1.29, 1.82) is 0 Å². The molecule has 0 radical (unpaired) electrons. The molecule has 1 N–H and O–H groups in total. The average Bonchev–Trinajstić information content (AvgIpc) is 3.17. The van der Waals surface area contributed by atoms with Crippen LogP contribution in [0.4, 0.5) is 0 Å². The van der Waals surface area contributed by atoms with E-state index < -0.39 is 0 Å². The van der Waals surface area contributed by atoms with Crippen LogP contribution >= 0.6 is 0 Å². The molecule has 3 rings (SSSR count). The van der Waals surface area contributed by atoms with Crippen LogP contribution in [0, 0.1) is 0 Å². The predicted octanol–water partition coefficient (Wildman–Crippen LogP) is 1.64. The molecule has 2 heterocycles. The molecule has 0 saturated heterocycles. The summed E-state index contributed by atoms with van der Waals surface area (Å²) in [5.74, 6) is 0.931. The molecule has 2 aromatic rings. The highest BCUT2D eigenvalue weighted by molar-refractivity contribution is 5.91. The Morgan fingerprint density at radius 1 is 1.41 bits per heavy atom. The van der Waals surface area contributed by atoms with Crippen LogP contribution in [-0.2, 0) is 6.42 Å². The molecule has 1 aromatic heterocycles. The normalized spacial score (nSPS) is 14.5. The summed E-state index contributed by atoms with van der Waals surface area (Å²) in [4.78, 5) is 14.0. The maximum absolute atomic E-state index is 12.0. The van der Waals surface area contributed by atoms with Crippen molar-refractivity contribution >= 4 is 5.91 Å². The molecule has 1 unspecified atom stereocenters. The van der Waals surface area contributed by atoms with Gasteiger partial charge in [0.15, 0.2) is 0 Å². The van der Waals surface area contributed by atoms with Gasteiger partial charge in [-0.3, -0.25) is 4.79 Å². The minimum atomic E-state index is -0.256. The largest absolute Gasteiger partial charge is 0.493 e. The van der Waals surface area contributed by atoms with E-state index in [1.54, 1.807) is 6.07 Å². The Hall–Kier alpha value is -2.34. The first-order valence-corrected chi connectivity index (χ1v) is 7.26. The average molecular weight is 301 g/mol. The highest BCUT2D eigenvalue weighted by Crippen LogP contribution is 2.29. The van der Waals surface area contributed by atoms with Gasteiger partial charge in [0.05, 0.1) is 18.8 Å². The summed E-state index contributed by atoms with van der Waals surface area (Å²) in [5, 5.41) is 6.43. The number of aromatic nitrogens is 1. The van der Waals surface area contributed by atoms with Gasteiger partial charge in [-0.25, -0.2) is 0 Å². The lowest BCUT2D eigenvalue weighted by molar-refractivity contribution is 0.0905. The molecule has 1 amide bonds. The van der Waals surface area contributed by atoms with Crippen LogP contribution in [0.2, 0.25) is 0 Å². The molecule has 0 aliphatic carbocycles. The van der Waals surface area contributed by atoms with Gasteiger partial charge >= 0.3 is 0 Å². The second-order valence-electron chi connectivity index (χ2n) is 5.53. The fourth-order valence-electron chi connectivity index (χ4n) is 2.62. The summed E-state index contributed by atoms with van der Waals surface area (Å²) in [7, 11) is 3.99. The third-order valence-electron chi connectivity index (χ3n) is 3.84. The van der Waals surface area contributed by atoms with E-state index in [1.807, 2.05) is 20.2 Å². The number of likely N-dealkylation sites (N-methyl/N-ethyl adjacent to an activating group) is 1. The lowest BCUT2D eigenvalue weighted by atomic mass is 10.0. The number of carbonyl (C=O) groups is 1. The Morgan fingerprint density at radius 3 is 3.00 bits per heavy atom. The van der Waals surface area contributed by atoms with Gasteiger partial charge in [0.2, 0.25) is 5.76 Å². The molecule has 1 aliphatic rings. The lowest BCUT2D eigenvalue weighted by Gasteiger charge is -2.25. The maximum Gasteiger partial charge on any atom is 0.289 e. The molecule has 0 saturated carbocycles. The highest BCUT2D eigenvalue weighted by atomic mass is 16.5. The number of hydrogen-bond acceptors (Lipinski definition) is 5. The first kappa shape index (κ1) is 14.6. The van der Waals surface area contributed by atoms with E-state index in [2.05, 4.69) is 27.5 Å². The minimum absolute atomic E-state index is 0.0813. The van der Waals surface area contributed by atoms with Crippen molar-refractivity contribution < 1.29 is 14.1 Å². The van der Waals surface area contributed by atoms with Gasteiger partial charge in [-0.05, 0) is 31.3 Å². The van der Waals surface area contributed by atoms with Crippen LogP contribution in [0.25, 0.3) is 0 Å². The molecule has 6 nitrogen and oxygen atoms in total. The SMILES string of the molecule is CN(C)C(CNC(=O)c1ccno1)c1ccc2c(c1)CCO2. The molecule has 116 valence electrons. The smallest absolute Gasteiger partial charge is 0.289 e. The second kappa shape index (κ2) is 6.19. The number of nitrogens with zero attached hydrogens (tertiary/aromatic N) is 2. The molecule has 1 aromatic carbocycles. The number of nitrogens with one attached hydrogen (secondary N) is 1. The first-order chi connectivity index (χ1) is 10.6. The van der Waals surface area contributed by atoms with Crippen molar-refractivity contribution in [3.8, 4) is 5.75 Å². The Balaban J connectivity index is 1.71. The van der Waals surface area contributed by atoms with Gasteiger partial charge in [-0.1, -0.05) is 17.3 Å². The third-order valence-corrected chi connectivity index (χ3v) is 3.84. The van der Waals surface area contributed by atoms with Crippen molar-refractivity contribution in [2.75, 3.05) is 27.2 Å². The van der Waals surface area contributed by atoms with Gasteiger partial charge in [0, 0.05) is 19.0 Å². The van der Waals surface area contributed by atoms with E-state index in [4.69, 9.17) is 9.26 Å². The molecular weight excluding hydrogens is 282 g/mol. The number of benzene rings is 1. The van der Waals surface area contributed by atoms with Gasteiger partial charge in [0.1, 0.15) is 5.75 Å². The summed E-state index contributed by atoms with van der Waals surface area (Å²) in [5.41, 5.74) is 2.39. The highest BCUT2D eigenvalue weighted by Gasteiger charge is 2.20. The summed E-state index contributed by atoms with van der Waals surface area (Å²) in [6.07, 6.45) is 2.40. The van der Waals surface area contributed by atoms with Crippen molar-refractivity contribution in [1.82, 2.24) is 15.4 Å². The number of hydrogen-bond donors (Lipinski definition) is 1. The quantitative estimate of drug-likeness (QED) is 0.909. The zero-order chi connectivity index (χ0) is 15.5. The standard InChI is InChI=1S/C16H19N3O3/c1-19(2)13(10-17-16(20)15-5-7-18-22-15)11-3-4-14-12(9-11)6-8-21-14/h3-5,7,9,13H,6,8,10H2,1-2H3,(H,17,20). The van der Waals surface area contributed by atoms with Crippen molar-refractivity contribution in [3.05, 3.63) is 47.3 Å². The Kier molecular flexibility index (Phi) is 4.11. The monoisotopic (exact) mass is 301 g/mol. The zero-order valence-corrected chi connectivity index (χ0v) is 12.7. The maximum atomic E-state index is 12.0. The first-order valence-electron chi connectivity index (χ1n) is 7.26. The van der Waals surface area contributed by atoms with Crippen LogP contribution in [0.15, 0.2) is 35.0 Å². The topological polar surface area (TPSA) is 67.6 Å². The van der Waals surface area contributed by atoms with Crippen LogP contribution in [0.5, 0.6) is 5.75 Å². The summed E-state index contributed by atoms with van der Waals surface area (Å²) in [6, 6.07) is 7.85. The fourth-order valence-corrected chi connectivity index (χ4v) is 2.62. The van der Waals surface area contributed by atoms with Crippen molar-refractivity contribution in [3.63, 3.8) is 0 Å². The molecule has 1 atom stereocenters. The van der Waals surface area contributed by atoms with Crippen molar-refractivity contribution in [2.24, 2.45) is 0 Å². The van der Waals surface area contributed by atoms with Gasteiger partial charge in [-0.2, -0.15) is 0 Å². The second-order valence-corrected chi connectivity index (χ2v) is 5.53.